The minimum absolute atomic E-state index is 0.0723. The van der Waals surface area contributed by atoms with Crippen LogP contribution in [0.3, 0.4) is 0 Å². The first-order valence-corrected chi connectivity index (χ1v) is 8.82. The highest BCUT2D eigenvalue weighted by molar-refractivity contribution is 7.89. The Morgan fingerprint density at radius 3 is 2.29 bits per heavy atom. The summed E-state index contributed by atoms with van der Waals surface area (Å²) in [6.07, 6.45) is 0.932. The average molecular weight is 354 g/mol. The van der Waals surface area contributed by atoms with Crippen LogP contribution < -0.4 is 4.72 Å². The predicted octanol–water partition coefficient (Wildman–Crippen LogP) is -0.0570. The number of hydrogen-bond acceptors (Lipinski definition) is 6. The molecule has 0 unspecified atom stereocenters. The number of hydrogen-bond donors (Lipinski definition) is 1. The number of ether oxygens (including phenoxy) is 1. The van der Waals surface area contributed by atoms with Crippen molar-refractivity contribution < 1.29 is 27.5 Å². The molecule has 1 amide bonds. The molecule has 1 N–H and O–H groups in total. The molecule has 2 rings (SSSR count). The molecule has 9 heteroatoms. The zero-order valence-electron chi connectivity index (χ0n) is 13.1. The quantitative estimate of drug-likeness (QED) is 0.543. The third-order valence-corrected chi connectivity index (χ3v) is 4.96. The van der Waals surface area contributed by atoms with E-state index in [2.05, 4.69) is 4.72 Å². The fraction of sp³-hybridized carbons (Fsp3) is 0.400. The molecule has 0 radical (unpaired) electrons. The second-order valence-electron chi connectivity index (χ2n) is 5.30. The van der Waals surface area contributed by atoms with Crippen LogP contribution in [-0.4, -0.2) is 57.2 Å². The lowest BCUT2D eigenvalue weighted by atomic mass is 10.2. The highest BCUT2D eigenvalue weighted by Gasteiger charge is 2.22. The first kappa shape index (κ1) is 18.1. The van der Waals surface area contributed by atoms with Gasteiger partial charge in [-0.2, -0.15) is 4.72 Å². The monoisotopic (exact) mass is 354 g/mol. The maximum atomic E-state index is 12.0. The summed E-state index contributed by atoms with van der Waals surface area (Å²) >= 11 is 0. The Bertz CT molecular complexity index is 738. The largest absolute Gasteiger partial charge is 0.455 e. The highest BCUT2D eigenvalue weighted by Crippen LogP contribution is 2.11. The average Bonchev–Trinajstić information content (AvgIpc) is 2.49. The zero-order chi connectivity index (χ0) is 17.7. The molecule has 1 fully saturated rings. The molecule has 0 aliphatic carbocycles. The number of rotatable bonds is 7. The molecule has 1 saturated heterocycles. The fourth-order valence-corrected chi connectivity index (χ4v) is 2.93. The lowest BCUT2D eigenvalue weighted by Gasteiger charge is -2.30. The summed E-state index contributed by atoms with van der Waals surface area (Å²) in [5.74, 6) is -1.31. The third kappa shape index (κ3) is 4.62. The van der Waals surface area contributed by atoms with Crippen molar-refractivity contribution in [3.63, 3.8) is 0 Å². The Labute approximate surface area is 139 Å². The van der Waals surface area contributed by atoms with E-state index in [1.807, 2.05) is 0 Å². The lowest BCUT2D eigenvalue weighted by Crippen LogP contribution is -2.44. The van der Waals surface area contributed by atoms with E-state index in [0.29, 0.717) is 18.7 Å². The number of nitrogens with zero attached hydrogens (tertiary/aromatic N) is 1. The van der Waals surface area contributed by atoms with Gasteiger partial charge in [-0.15, -0.1) is 0 Å². The molecule has 130 valence electrons. The van der Waals surface area contributed by atoms with Gasteiger partial charge in [0.1, 0.15) is 6.54 Å². The minimum atomic E-state index is -3.90. The summed E-state index contributed by atoms with van der Waals surface area (Å²) in [6.45, 7) is 1.70. The van der Waals surface area contributed by atoms with Crippen LogP contribution in [0.4, 0.5) is 0 Å². The topological polar surface area (TPSA) is 110 Å². The molecule has 1 aliphatic rings. The number of likely N-dealkylation sites (tertiary alicyclic amines) is 1. The summed E-state index contributed by atoms with van der Waals surface area (Å²) < 4.78 is 30.9. The van der Waals surface area contributed by atoms with Gasteiger partial charge in [0.05, 0.1) is 4.90 Å². The molecule has 0 atom stereocenters. The first-order chi connectivity index (χ1) is 11.3. The van der Waals surface area contributed by atoms with Gasteiger partial charge in [-0.3, -0.25) is 14.4 Å². The number of benzene rings is 1. The number of sulfonamides is 1. The van der Waals surface area contributed by atoms with E-state index in [9.17, 15) is 22.8 Å². The van der Waals surface area contributed by atoms with Gasteiger partial charge in [0.25, 0.3) is 5.91 Å². The van der Waals surface area contributed by atoms with E-state index in [0.717, 1.165) is 6.42 Å². The zero-order valence-corrected chi connectivity index (χ0v) is 14.0. The predicted molar refractivity (Wildman–Crippen MR) is 83.8 cm³/mol. The van der Waals surface area contributed by atoms with Gasteiger partial charge in [0, 0.05) is 18.7 Å². The third-order valence-electron chi connectivity index (χ3n) is 3.54. The molecule has 0 bridgehead atoms. The van der Waals surface area contributed by atoms with E-state index >= 15 is 0 Å². The number of esters is 1. The molecule has 8 nitrogen and oxygen atoms in total. The van der Waals surface area contributed by atoms with Crippen molar-refractivity contribution in [3.05, 3.63) is 29.8 Å². The summed E-state index contributed by atoms with van der Waals surface area (Å²) in [5.41, 5.74) is 0.387. The van der Waals surface area contributed by atoms with E-state index in [4.69, 9.17) is 4.74 Å². The molecule has 1 aromatic rings. The number of Topliss-reactive ketones (excluding diaryl/α,β-unsaturated/α-hetero) is 1. The van der Waals surface area contributed by atoms with Gasteiger partial charge in [-0.25, -0.2) is 8.42 Å². The number of carbonyl (C=O) groups is 3. The Balaban J connectivity index is 1.83. The molecule has 0 aromatic heterocycles. The first-order valence-electron chi connectivity index (χ1n) is 7.33. The number of carbonyl (C=O) groups excluding carboxylic acids is 3. The van der Waals surface area contributed by atoms with Crippen molar-refractivity contribution in [2.24, 2.45) is 0 Å². The Morgan fingerprint density at radius 2 is 1.79 bits per heavy atom. The van der Waals surface area contributed by atoms with Crippen molar-refractivity contribution in [3.8, 4) is 0 Å². The maximum Gasteiger partial charge on any atom is 0.321 e. The molecule has 1 aliphatic heterocycles. The number of nitrogens with one attached hydrogen (secondary N) is 1. The molecule has 24 heavy (non-hydrogen) atoms. The van der Waals surface area contributed by atoms with Gasteiger partial charge < -0.3 is 9.64 Å². The Hall–Kier alpha value is -2.26. The van der Waals surface area contributed by atoms with Gasteiger partial charge >= 0.3 is 5.97 Å². The second kappa shape index (κ2) is 7.54. The van der Waals surface area contributed by atoms with E-state index in [-0.39, 0.29) is 16.6 Å². The van der Waals surface area contributed by atoms with Crippen LogP contribution in [0.15, 0.2) is 29.2 Å². The van der Waals surface area contributed by atoms with Gasteiger partial charge in [0.2, 0.25) is 10.0 Å². The van der Waals surface area contributed by atoms with Gasteiger partial charge in [-0.1, -0.05) is 12.1 Å². The molecular weight excluding hydrogens is 336 g/mol. The van der Waals surface area contributed by atoms with Crippen molar-refractivity contribution in [1.82, 2.24) is 9.62 Å². The van der Waals surface area contributed by atoms with Crippen LogP contribution in [0.25, 0.3) is 0 Å². The van der Waals surface area contributed by atoms with Crippen molar-refractivity contribution in [2.75, 3.05) is 26.2 Å². The normalized spacial score (nSPS) is 14.0. The van der Waals surface area contributed by atoms with Crippen molar-refractivity contribution in [2.45, 2.75) is 18.2 Å². The van der Waals surface area contributed by atoms with Crippen LogP contribution in [0, 0.1) is 0 Å². The standard InChI is InChI=1S/C15H18N2O6S/c1-11(18)12-3-5-13(6-4-12)24(21,22)16-9-15(20)23-10-14(19)17-7-2-8-17/h3-6,16H,2,7-10H2,1H3. The summed E-state index contributed by atoms with van der Waals surface area (Å²) in [4.78, 5) is 35.7. The number of amides is 1. The van der Waals surface area contributed by atoms with Gasteiger partial charge in [-0.05, 0) is 25.5 Å². The van der Waals surface area contributed by atoms with Crippen LogP contribution in [0.1, 0.15) is 23.7 Å². The van der Waals surface area contributed by atoms with Crippen LogP contribution in [-0.2, 0) is 24.3 Å². The number of ketones is 1. The lowest BCUT2D eigenvalue weighted by molar-refractivity contribution is -0.152. The van der Waals surface area contributed by atoms with Crippen LogP contribution in [0.2, 0.25) is 0 Å². The van der Waals surface area contributed by atoms with E-state index in [1.165, 1.54) is 31.2 Å². The maximum absolute atomic E-state index is 12.0. The molecule has 1 heterocycles. The molecule has 0 spiro atoms. The summed E-state index contributed by atoms with van der Waals surface area (Å²) in [5, 5.41) is 0. The van der Waals surface area contributed by atoms with E-state index < -0.39 is 29.1 Å². The summed E-state index contributed by atoms with van der Waals surface area (Å²) in [6, 6.07) is 5.33. The SMILES string of the molecule is CC(=O)c1ccc(S(=O)(=O)NCC(=O)OCC(=O)N2CCC2)cc1. The molecule has 1 aromatic carbocycles. The molecule has 0 saturated carbocycles. The fourth-order valence-electron chi connectivity index (χ4n) is 1.96. The Morgan fingerprint density at radius 1 is 1.17 bits per heavy atom. The van der Waals surface area contributed by atoms with Crippen molar-refractivity contribution >= 4 is 27.7 Å². The second-order valence-corrected chi connectivity index (χ2v) is 7.07. The van der Waals surface area contributed by atoms with E-state index in [1.54, 1.807) is 4.90 Å². The van der Waals surface area contributed by atoms with Crippen LogP contribution in [0.5, 0.6) is 0 Å². The van der Waals surface area contributed by atoms with Gasteiger partial charge in [0.15, 0.2) is 12.4 Å². The summed E-state index contributed by atoms with van der Waals surface area (Å²) in [7, 11) is -3.90. The Kier molecular flexibility index (Phi) is 5.68. The smallest absolute Gasteiger partial charge is 0.321 e. The minimum Gasteiger partial charge on any atom is -0.455 e. The molecular formula is C15H18N2O6S. The van der Waals surface area contributed by atoms with Crippen molar-refractivity contribution in [1.29, 1.82) is 0 Å². The highest BCUT2D eigenvalue weighted by atomic mass is 32.2. The van der Waals surface area contributed by atoms with Crippen LogP contribution >= 0.6 is 0 Å².